The minimum atomic E-state index is -0.263. The Morgan fingerprint density at radius 1 is 1.44 bits per heavy atom. The molecule has 0 bridgehead atoms. The fourth-order valence-electron chi connectivity index (χ4n) is 1.66. The van der Waals surface area contributed by atoms with Crippen LogP contribution < -0.4 is 0 Å². The monoisotopic (exact) mass is 278 g/mol. The van der Waals surface area contributed by atoms with Gasteiger partial charge in [-0.1, -0.05) is 36.4 Å². The predicted molar refractivity (Wildman–Crippen MR) is 66.9 cm³/mol. The van der Waals surface area contributed by atoms with Crippen molar-refractivity contribution < 1.29 is 9.53 Å². The Morgan fingerprint density at radius 3 is 2.75 bits per heavy atom. The molecule has 1 atom stereocenters. The molecule has 0 aromatic heterocycles. The summed E-state index contributed by atoms with van der Waals surface area (Å²) in [6.07, 6.45) is 1.74. The van der Waals surface area contributed by atoms with Gasteiger partial charge >= 0.3 is 5.97 Å². The fraction of sp³-hybridized carbons (Fsp3) is 0.154. The minimum absolute atomic E-state index is 0.0259. The first kappa shape index (κ1) is 11.1. The van der Waals surface area contributed by atoms with Gasteiger partial charge in [0, 0.05) is 10.4 Å². The molecule has 2 rings (SSSR count). The molecule has 1 fully saturated rings. The molecule has 1 unspecified atom stereocenters. The molecule has 0 amide bonds. The minimum Gasteiger partial charge on any atom is -0.461 e. The van der Waals surface area contributed by atoms with Crippen LogP contribution in [0.4, 0.5) is 0 Å². The standard InChI is InChI=1S/C13H11BrO2/c1-2-9-8-16-13(15)11(9)12(14)10-6-4-3-5-7-10/h2-7,9H,1,8H2/b12-11+. The third kappa shape index (κ3) is 1.95. The number of halogens is 1. The SMILES string of the molecule is C=CC1COC(=O)/C1=C(/Br)c1ccccc1. The summed E-state index contributed by atoms with van der Waals surface area (Å²) in [5, 5.41) is 0. The summed E-state index contributed by atoms with van der Waals surface area (Å²) in [7, 11) is 0. The summed E-state index contributed by atoms with van der Waals surface area (Å²) in [4.78, 5) is 11.6. The molecular formula is C13H11BrO2. The first-order valence-corrected chi connectivity index (χ1v) is 5.78. The van der Waals surface area contributed by atoms with E-state index >= 15 is 0 Å². The molecule has 1 aromatic carbocycles. The molecule has 1 aliphatic heterocycles. The molecule has 2 nitrogen and oxygen atoms in total. The Hall–Kier alpha value is -1.35. The van der Waals surface area contributed by atoms with E-state index in [0.29, 0.717) is 12.2 Å². The van der Waals surface area contributed by atoms with Gasteiger partial charge in [0.25, 0.3) is 0 Å². The Labute approximate surface area is 103 Å². The van der Waals surface area contributed by atoms with E-state index < -0.39 is 0 Å². The van der Waals surface area contributed by atoms with E-state index in [2.05, 4.69) is 22.5 Å². The van der Waals surface area contributed by atoms with Crippen LogP contribution >= 0.6 is 15.9 Å². The van der Waals surface area contributed by atoms with Crippen molar-refractivity contribution >= 4 is 26.4 Å². The van der Waals surface area contributed by atoms with Gasteiger partial charge in [-0.05, 0) is 21.5 Å². The van der Waals surface area contributed by atoms with Crippen LogP contribution in [0.2, 0.25) is 0 Å². The fourth-order valence-corrected chi connectivity index (χ4v) is 2.38. The number of hydrogen-bond acceptors (Lipinski definition) is 2. The zero-order chi connectivity index (χ0) is 11.5. The molecule has 1 aromatic rings. The number of cyclic esters (lactones) is 1. The van der Waals surface area contributed by atoms with Gasteiger partial charge in [-0.25, -0.2) is 4.79 Å². The highest BCUT2D eigenvalue weighted by Crippen LogP contribution is 2.34. The van der Waals surface area contributed by atoms with Crippen LogP contribution in [-0.4, -0.2) is 12.6 Å². The number of carbonyl (C=O) groups excluding carboxylic acids is 1. The normalized spacial score (nSPS) is 22.8. The smallest absolute Gasteiger partial charge is 0.335 e. The van der Waals surface area contributed by atoms with Crippen molar-refractivity contribution in [2.45, 2.75) is 0 Å². The molecule has 82 valence electrons. The van der Waals surface area contributed by atoms with E-state index in [1.165, 1.54) is 0 Å². The number of benzene rings is 1. The molecule has 1 heterocycles. The summed E-state index contributed by atoms with van der Waals surface area (Å²) >= 11 is 3.47. The highest BCUT2D eigenvalue weighted by atomic mass is 79.9. The molecule has 0 radical (unpaired) electrons. The lowest BCUT2D eigenvalue weighted by atomic mass is 10.00. The van der Waals surface area contributed by atoms with Crippen molar-refractivity contribution in [1.82, 2.24) is 0 Å². The van der Waals surface area contributed by atoms with Crippen LogP contribution in [0.3, 0.4) is 0 Å². The summed E-state index contributed by atoms with van der Waals surface area (Å²) in [5.74, 6) is -0.289. The summed E-state index contributed by atoms with van der Waals surface area (Å²) < 4.78 is 5.81. The average molecular weight is 279 g/mol. The lowest BCUT2D eigenvalue weighted by molar-refractivity contribution is -0.135. The predicted octanol–water partition coefficient (Wildman–Crippen LogP) is 3.15. The van der Waals surface area contributed by atoms with Gasteiger partial charge in [-0.3, -0.25) is 0 Å². The van der Waals surface area contributed by atoms with E-state index in [1.807, 2.05) is 30.3 Å². The molecule has 3 heteroatoms. The number of carbonyl (C=O) groups is 1. The lowest BCUT2D eigenvalue weighted by Crippen LogP contribution is -2.02. The highest BCUT2D eigenvalue weighted by Gasteiger charge is 2.31. The quantitative estimate of drug-likeness (QED) is 0.472. The van der Waals surface area contributed by atoms with Gasteiger partial charge in [0.2, 0.25) is 0 Å². The largest absolute Gasteiger partial charge is 0.461 e. The first-order chi connectivity index (χ1) is 7.74. The average Bonchev–Trinajstić information content (AvgIpc) is 2.70. The molecule has 0 saturated carbocycles. The van der Waals surface area contributed by atoms with Crippen molar-refractivity contribution in [3.8, 4) is 0 Å². The maximum absolute atomic E-state index is 11.6. The van der Waals surface area contributed by atoms with Gasteiger partial charge in [0.05, 0.1) is 5.57 Å². The van der Waals surface area contributed by atoms with E-state index in [4.69, 9.17) is 4.74 Å². The molecule has 1 aliphatic rings. The molecule has 0 spiro atoms. The second-order valence-corrected chi connectivity index (χ2v) is 4.33. The van der Waals surface area contributed by atoms with Gasteiger partial charge in [0.15, 0.2) is 0 Å². The molecule has 1 saturated heterocycles. The summed E-state index contributed by atoms with van der Waals surface area (Å²) in [6, 6.07) is 9.69. The second-order valence-electron chi connectivity index (χ2n) is 3.53. The Bertz CT molecular complexity index is 448. The van der Waals surface area contributed by atoms with Gasteiger partial charge in [-0.15, -0.1) is 6.58 Å². The topological polar surface area (TPSA) is 26.3 Å². The highest BCUT2D eigenvalue weighted by molar-refractivity contribution is 9.15. The van der Waals surface area contributed by atoms with Crippen molar-refractivity contribution in [2.75, 3.05) is 6.61 Å². The number of esters is 1. The third-order valence-electron chi connectivity index (χ3n) is 2.53. The maximum Gasteiger partial charge on any atom is 0.335 e. The van der Waals surface area contributed by atoms with E-state index in [9.17, 15) is 4.79 Å². The zero-order valence-electron chi connectivity index (χ0n) is 8.65. The Kier molecular flexibility index (Phi) is 3.25. The molecule has 16 heavy (non-hydrogen) atoms. The summed E-state index contributed by atoms with van der Waals surface area (Å²) in [6.45, 7) is 4.10. The molecule has 0 aliphatic carbocycles. The van der Waals surface area contributed by atoms with E-state index in [-0.39, 0.29) is 11.9 Å². The lowest BCUT2D eigenvalue weighted by Gasteiger charge is -2.05. The van der Waals surface area contributed by atoms with Crippen LogP contribution in [0.25, 0.3) is 4.48 Å². The Balaban J connectivity index is 2.47. The van der Waals surface area contributed by atoms with Crippen LogP contribution in [0.1, 0.15) is 5.56 Å². The van der Waals surface area contributed by atoms with Crippen molar-refractivity contribution in [3.05, 3.63) is 54.1 Å². The second kappa shape index (κ2) is 4.66. The number of rotatable bonds is 2. The van der Waals surface area contributed by atoms with E-state index in [1.54, 1.807) is 6.08 Å². The van der Waals surface area contributed by atoms with Gasteiger partial charge < -0.3 is 4.74 Å². The van der Waals surface area contributed by atoms with Gasteiger partial charge in [0.1, 0.15) is 6.61 Å². The van der Waals surface area contributed by atoms with Crippen LogP contribution in [0.5, 0.6) is 0 Å². The third-order valence-corrected chi connectivity index (χ3v) is 3.42. The zero-order valence-corrected chi connectivity index (χ0v) is 10.2. The molecular weight excluding hydrogens is 268 g/mol. The number of ether oxygens (including phenoxy) is 1. The van der Waals surface area contributed by atoms with Crippen LogP contribution in [0, 0.1) is 5.92 Å². The maximum atomic E-state index is 11.6. The first-order valence-electron chi connectivity index (χ1n) is 4.99. The number of hydrogen-bond donors (Lipinski definition) is 0. The van der Waals surface area contributed by atoms with Gasteiger partial charge in [-0.2, -0.15) is 0 Å². The van der Waals surface area contributed by atoms with Crippen molar-refractivity contribution in [2.24, 2.45) is 5.92 Å². The van der Waals surface area contributed by atoms with Crippen molar-refractivity contribution in [1.29, 1.82) is 0 Å². The van der Waals surface area contributed by atoms with Crippen LogP contribution in [0.15, 0.2) is 48.6 Å². The summed E-state index contributed by atoms with van der Waals surface area (Å²) in [5.41, 5.74) is 1.63. The van der Waals surface area contributed by atoms with E-state index in [0.717, 1.165) is 10.0 Å². The van der Waals surface area contributed by atoms with Crippen molar-refractivity contribution in [3.63, 3.8) is 0 Å². The van der Waals surface area contributed by atoms with Crippen LogP contribution in [-0.2, 0) is 9.53 Å². The molecule has 0 N–H and O–H groups in total. The Morgan fingerprint density at radius 2 is 2.12 bits per heavy atom.